The van der Waals surface area contributed by atoms with Crippen molar-refractivity contribution >= 4 is 23.3 Å². The number of ether oxygens (including phenoxy) is 3. The minimum atomic E-state index is -0.444. The second-order valence-electron chi connectivity index (χ2n) is 6.57. The van der Waals surface area contributed by atoms with Gasteiger partial charge in [0.15, 0.2) is 16.6 Å². The van der Waals surface area contributed by atoms with Gasteiger partial charge in [-0.15, -0.1) is 0 Å². The van der Waals surface area contributed by atoms with Crippen molar-refractivity contribution in [1.29, 1.82) is 0 Å². The van der Waals surface area contributed by atoms with Crippen LogP contribution in [0.5, 0.6) is 11.5 Å². The zero-order valence-electron chi connectivity index (χ0n) is 16.1. The summed E-state index contributed by atoms with van der Waals surface area (Å²) in [4.78, 5) is 12.7. The number of benzene rings is 1. The quantitative estimate of drug-likeness (QED) is 0.401. The Kier molecular flexibility index (Phi) is 7.24. The molecule has 1 aliphatic heterocycles. The summed E-state index contributed by atoms with van der Waals surface area (Å²) in [5.41, 5.74) is 1.98. The number of thiocarbonyl (C=S) groups is 1. The van der Waals surface area contributed by atoms with Crippen LogP contribution in [0.25, 0.3) is 0 Å². The molecular formula is C20H26N2O4S. The molecule has 1 aliphatic rings. The van der Waals surface area contributed by atoms with Gasteiger partial charge in [0.05, 0.1) is 25.3 Å². The van der Waals surface area contributed by atoms with E-state index < -0.39 is 6.04 Å². The predicted octanol–water partition coefficient (Wildman–Crippen LogP) is 3.25. The highest BCUT2D eigenvalue weighted by Gasteiger charge is 2.31. The number of rotatable bonds is 8. The molecule has 1 aromatic carbocycles. The molecule has 0 aromatic heterocycles. The van der Waals surface area contributed by atoms with Gasteiger partial charge >= 0.3 is 5.97 Å². The highest BCUT2D eigenvalue weighted by Crippen LogP contribution is 2.34. The van der Waals surface area contributed by atoms with E-state index in [2.05, 4.69) is 17.2 Å². The molecule has 0 unspecified atom stereocenters. The van der Waals surface area contributed by atoms with Crippen LogP contribution in [0.2, 0.25) is 0 Å². The SMILES string of the molecule is C=CCOc1ccc([C@H]2NC(=S)NC(C)=C2C(=O)OCC(C)C)cc1OC. The van der Waals surface area contributed by atoms with E-state index in [4.69, 9.17) is 26.4 Å². The van der Waals surface area contributed by atoms with Crippen LogP contribution in [0.1, 0.15) is 32.4 Å². The van der Waals surface area contributed by atoms with Gasteiger partial charge in [-0.25, -0.2) is 4.79 Å². The van der Waals surface area contributed by atoms with E-state index in [-0.39, 0.29) is 11.9 Å². The first-order chi connectivity index (χ1) is 12.9. The highest BCUT2D eigenvalue weighted by molar-refractivity contribution is 7.80. The van der Waals surface area contributed by atoms with Crippen molar-refractivity contribution in [1.82, 2.24) is 10.6 Å². The number of hydrogen-bond acceptors (Lipinski definition) is 5. The average molecular weight is 391 g/mol. The van der Waals surface area contributed by atoms with E-state index >= 15 is 0 Å². The fourth-order valence-corrected chi connectivity index (χ4v) is 2.94. The molecule has 0 bridgehead atoms. The van der Waals surface area contributed by atoms with E-state index in [9.17, 15) is 4.79 Å². The van der Waals surface area contributed by atoms with Crippen LogP contribution in [-0.2, 0) is 9.53 Å². The Labute approximate surface area is 165 Å². The van der Waals surface area contributed by atoms with Crippen LogP contribution in [0.3, 0.4) is 0 Å². The van der Waals surface area contributed by atoms with Crippen molar-refractivity contribution in [3.05, 3.63) is 47.7 Å². The lowest BCUT2D eigenvalue weighted by Gasteiger charge is -2.30. The number of hydrogen-bond donors (Lipinski definition) is 2. The van der Waals surface area contributed by atoms with Crippen molar-refractivity contribution in [2.24, 2.45) is 5.92 Å². The second kappa shape index (κ2) is 9.41. The first-order valence-electron chi connectivity index (χ1n) is 8.74. The van der Waals surface area contributed by atoms with Crippen LogP contribution in [-0.4, -0.2) is 31.4 Å². The maximum absolute atomic E-state index is 12.7. The Morgan fingerprint density at radius 2 is 2.11 bits per heavy atom. The Morgan fingerprint density at radius 1 is 1.37 bits per heavy atom. The normalized spacial score (nSPS) is 16.5. The highest BCUT2D eigenvalue weighted by atomic mass is 32.1. The minimum Gasteiger partial charge on any atom is -0.493 e. The summed E-state index contributed by atoms with van der Waals surface area (Å²) in [6.07, 6.45) is 1.66. The van der Waals surface area contributed by atoms with Gasteiger partial charge in [-0.05, 0) is 42.8 Å². The summed E-state index contributed by atoms with van der Waals surface area (Å²) >= 11 is 5.27. The first-order valence-corrected chi connectivity index (χ1v) is 9.15. The number of allylic oxidation sites excluding steroid dienone is 1. The van der Waals surface area contributed by atoms with E-state index in [1.807, 2.05) is 32.9 Å². The molecule has 0 spiro atoms. The van der Waals surface area contributed by atoms with Crippen LogP contribution in [0.15, 0.2) is 42.1 Å². The van der Waals surface area contributed by atoms with E-state index in [1.165, 1.54) is 0 Å². The van der Waals surface area contributed by atoms with Gasteiger partial charge in [-0.1, -0.05) is 32.6 Å². The molecule has 0 amide bonds. The molecule has 0 fully saturated rings. The summed E-state index contributed by atoms with van der Waals surface area (Å²) in [5.74, 6) is 1.04. The van der Waals surface area contributed by atoms with Gasteiger partial charge < -0.3 is 24.8 Å². The lowest BCUT2D eigenvalue weighted by atomic mass is 9.95. The third-order valence-corrected chi connectivity index (χ3v) is 4.13. The fourth-order valence-electron chi connectivity index (χ4n) is 2.67. The lowest BCUT2D eigenvalue weighted by Crippen LogP contribution is -2.45. The summed E-state index contributed by atoms with van der Waals surface area (Å²) < 4.78 is 16.5. The van der Waals surface area contributed by atoms with Crippen LogP contribution in [0.4, 0.5) is 0 Å². The fraction of sp³-hybridized carbons (Fsp3) is 0.400. The maximum atomic E-state index is 12.7. The summed E-state index contributed by atoms with van der Waals surface area (Å²) in [6.45, 7) is 10.2. The molecule has 0 radical (unpaired) electrons. The smallest absolute Gasteiger partial charge is 0.338 e. The summed E-state index contributed by atoms with van der Waals surface area (Å²) in [5, 5.41) is 6.59. The van der Waals surface area contributed by atoms with Gasteiger partial charge in [-0.2, -0.15) is 0 Å². The monoisotopic (exact) mass is 390 g/mol. The van der Waals surface area contributed by atoms with Gasteiger partial charge in [-0.3, -0.25) is 0 Å². The van der Waals surface area contributed by atoms with Crippen LogP contribution in [0, 0.1) is 5.92 Å². The lowest BCUT2D eigenvalue weighted by molar-refractivity contribution is -0.140. The minimum absolute atomic E-state index is 0.250. The topological polar surface area (TPSA) is 68.8 Å². The maximum Gasteiger partial charge on any atom is 0.338 e. The van der Waals surface area contributed by atoms with Gasteiger partial charge in [0.1, 0.15) is 6.61 Å². The van der Waals surface area contributed by atoms with E-state index in [0.717, 1.165) is 5.56 Å². The molecule has 2 rings (SSSR count). The zero-order chi connectivity index (χ0) is 20.0. The number of carbonyl (C=O) groups is 1. The van der Waals surface area contributed by atoms with E-state index in [1.54, 1.807) is 19.3 Å². The van der Waals surface area contributed by atoms with Crippen molar-refractivity contribution < 1.29 is 19.0 Å². The average Bonchev–Trinajstić information content (AvgIpc) is 2.63. The molecule has 2 N–H and O–H groups in total. The largest absolute Gasteiger partial charge is 0.493 e. The number of nitrogens with one attached hydrogen (secondary N) is 2. The molecule has 6 nitrogen and oxygen atoms in total. The molecule has 0 saturated heterocycles. The Balaban J connectivity index is 2.37. The Hall–Kier alpha value is -2.54. The molecule has 1 heterocycles. The molecule has 27 heavy (non-hydrogen) atoms. The number of esters is 1. The van der Waals surface area contributed by atoms with E-state index in [0.29, 0.717) is 41.1 Å². The third-order valence-electron chi connectivity index (χ3n) is 3.91. The molecular weight excluding hydrogens is 364 g/mol. The molecule has 146 valence electrons. The van der Waals surface area contributed by atoms with Crippen molar-refractivity contribution in [3.63, 3.8) is 0 Å². The van der Waals surface area contributed by atoms with Crippen LogP contribution < -0.4 is 20.1 Å². The molecule has 0 saturated carbocycles. The standard InChI is InChI=1S/C20H26N2O4S/c1-6-9-25-15-8-7-14(10-16(15)24-5)18-17(13(4)21-20(27)22-18)19(23)26-11-12(2)3/h6-8,10,12,18H,1,9,11H2,2-5H3,(H2,21,22,27)/t18-/m1/s1. The summed E-state index contributed by atoms with van der Waals surface area (Å²) in [7, 11) is 1.57. The second-order valence-corrected chi connectivity index (χ2v) is 6.98. The van der Waals surface area contributed by atoms with Crippen molar-refractivity contribution in [3.8, 4) is 11.5 Å². The van der Waals surface area contributed by atoms with Crippen molar-refractivity contribution in [2.75, 3.05) is 20.3 Å². The Morgan fingerprint density at radius 3 is 2.74 bits per heavy atom. The molecule has 7 heteroatoms. The summed E-state index contributed by atoms with van der Waals surface area (Å²) in [6, 6.07) is 5.06. The predicted molar refractivity (Wildman–Crippen MR) is 109 cm³/mol. The Bertz CT molecular complexity index is 758. The third kappa shape index (κ3) is 5.23. The molecule has 1 aromatic rings. The van der Waals surface area contributed by atoms with Gasteiger partial charge in [0.2, 0.25) is 0 Å². The van der Waals surface area contributed by atoms with Gasteiger partial charge in [0, 0.05) is 5.70 Å². The molecule has 0 aliphatic carbocycles. The molecule has 1 atom stereocenters. The van der Waals surface area contributed by atoms with Crippen LogP contribution >= 0.6 is 12.2 Å². The first kappa shape index (κ1) is 20.8. The van der Waals surface area contributed by atoms with Crippen molar-refractivity contribution in [2.45, 2.75) is 26.8 Å². The number of methoxy groups -OCH3 is 1. The van der Waals surface area contributed by atoms with Gasteiger partial charge in [0.25, 0.3) is 0 Å². The number of carbonyl (C=O) groups excluding carboxylic acids is 1. The zero-order valence-corrected chi connectivity index (χ0v) is 16.9.